The van der Waals surface area contributed by atoms with Crippen LogP contribution in [0.2, 0.25) is 0 Å². The van der Waals surface area contributed by atoms with Crippen molar-refractivity contribution in [2.75, 3.05) is 18.0 Å². The number of piperidine rings is 1. The molecule has 3 aromatic rings. The molecule has 1 aliphatic heterocycles. The van der Waals surface area contributed by atoms with Crippen LogP contribution in [0, 0.1) is 13.8 Å². The van der Waals surface area contributed by atoms with Gasteiger partial charge in [-0.25, -0.2) is 9.97 Å². The maximum atomic E-state index is 12.0. The molecule has 1 aromatic carbocycles. The number of aliphatic hydroxyl groups is 1. The summed E-state index contributed by atoms with van der Waals surface area (Å²) in [6, 6.07) is 15.5. The third-order valence-corrected chi connectivity index (χ3v) is 5.85. The summed E-state index contributed by atoms with van der Waals surface area (Å²) in [5.74, 6) is 0.387. The molecule has 0 aliphatic carbocycles. The SMILES string of the molecule is CC(=O)N[C@]1(c2ccccc2)CCN(c2nccc(-c3ccc(C)nc3C)n2)C[C@H]1O. The Morgan fingerprint density at radius 3 is 2.58 bits per heavy atom. The van der Waals surface area contributed by atoms with Crippen LogP contribution in [0.25, 0.3) is 11.3 Å². The maximum Gasteiger partial charge on any atom is 0.225 e. The van der Waals surface area contributed by atoms with E-state index in [0.29, 0.717) is 25.5 Å². The first-order valence-corrected chi connectivity index (χ1v) is 10.4. The second-order valence-electron chi connectivity index (χ2n) is 8.06. The predicted molar refractivity (Wildman–Crippen MR) is 120 cm³/mol. The third-order valence-electron chi connectivity index (χ3n) is 5.85. The molecule has 1 amide bonds. The van der Waals surface area contributed by atoms with Crippen LogP contribution >= 0.6 is 0 Å². The Hall–Kier alpha value is -3.32. The van der Waals surface area contributed by atoms with E-state index in [2.05, 4.69) is 15.3 Å². The minimum Gasteiger partial charge on any atom is -0.388 e. The van der Waals surface area contributed by atoms with Gasteiger partial charge in [0.2, 0.25) is 11.9 Å². The highest BCUT2D eigenvalue weighted by Gasteiger charge is 2.45. The van der Waals surface area contributed by atoms with E-state index in [-0.39, 0.29) is 5.91 Å². The summed E-state index contributed by atoms with van der Waals surface area (Å²) in [7, 11) is 0. The van der Waals surface area contributed by atoms with Crippen molar-refractivity contribution in [2.24, 2.45) is 0 Å². The number of rotatable bonds is 4. The molecule has 0 spiro atoms. The van der Waals surface area contributed by atoms with Crippen LogP contribution in [-0.4, -0.2) is 45.2 Å². The van der Waals surface area contributed by atoms with Crippen molar-refractivity contribution >= 4 is 11.9 Å². The van der Waals surface area contributed by atoms with Crippen molar-refractivity contribution in [3.05, 3.63) is 71.7 Å². The Balaban J connectivity index is 1.62. The number of nitrogens with zero attached hydrogens (tertiary/aromatic N) is 4. The van der Waals surface area contributed by atoms with Gasteiger partial charge in [-0.05, 0) is 44.0 Å². The number of anilines is 1. The normalized spacial score (nSPS) is 21.0. The number of aromatic nitrogens is 3. The second kappa shape index (κ2) is 8.43. The molecule has 7 nitrogen and oxygen atoms in total. The standard InChI is InChI=1S/C24H27N5O2/c1-16-9-10-20(17(2)26-16)21-11-13-25-23(27-21)29-14-12-24(22(31)15-29,28-18(3)30)19-7-5-4-6-8-19/h4-11,13,22,31H,12,14-15H2,1-3H3,(H,28,30)/t22-,24+/m1/s1. The lowest BCUT2D eigenvalue weighted by Crippen LogP contribution is -2.62. The summed E-state index contributed by atoms with van der Waals surface area (Å²) in [6.07, 6.45) is 1.45. The van der Waals surface area contributed by atoms with Gasteiger partial charge in [-0.15, -0.1) is 0 Å². The average molecular weight is 418 g/mol. The number of benzene rings is 1. The van der Waals surface area contributed by atoms with Crippen molar-refractivity contribution in [3.8, 4) is 11.3 Å². The molecule has 1 fully saturated rings. The molecule has 2 N–H and O–H groups in total. The largest absolute Gasteiger partial charge is 0.388 e. The molecule has 2 atom stereocenters. The number of amides is 1. The number of carbonyl (C=O) groups excluding carboxylic acids is 1. The quantitative estimate of drug-likeness (QED) is 0.678. The molecule has 0 radical (unpaired) electrons. The van der Waals surface area contributed by atoms with E-state index < -0.39 is 11.6 Å². The fourth-order valence-electron chi connectivity index (χ4n) is 4.33. The van der Waals surface area contributed by atoms with E-state index in [1.807, 2.05) is 67.3 Å². The highest BCUT2D eigenvalue weighted by molar-refractivity contribution is 5.74. The summed E-state index contributed by atoms with van der Waals surface area (Å²) in [6.45, 7) is 6.32. The lowest BCUT2D eigenvalue weighted by molar-refractivity contribution is -0.123. The maximum absolute atomic E-state index is 12.0. The van der Waals surface area contributed by atoms with Gasteiger partial charge in [0.15, 0.2) is 0 Å². The number of β-amino-alcohol motifs (C(OH)–C–C–N with tert-alkyl or cyclic N) is 1. The molecular formula is C24H27N5O2. The van der Waals surface area contributed by atoms with Crippen molar-refractivity contribution in [3.63, 3.8) is 0 Å². The van der Waals surface area contributed by atoms with Crippen LogP contribution in [0.5, 0.6) is 0 Å². The van der Waals surface area contributed by atoms with E-state index in [4.69, 9.17) is 4.98 Å². The van der Waals surface area contributed by atoms with Crippen molar-refractivity contribution in [2.45, 2.75) is 38.8 Å². The van der Waals surface area contributed by atoms with Crippen molar-refractivity contribution in [1.29, 1.82) is 0 Å². The van der Waals surface area contributed by atoms with E-state index in [0.717, 1.165) is 28.2 Å². The summed E-state index contributed by atoms with van der Waals surface area (Å²) >= 11 is 0. The molecule has 7 heteroatoms. The topological polar surface area (TPSA) is 91.2 Å². The summed E-state index contributed by atoms with van der Waals surface area (Å²) < 4.78 is 0. The monoisotopic (exact) mass is 417 g/mol. The van der Waals surface area contributed by atoms with Crippen molar-refractivity contribution in [1.82, 2.24) is 20.3 Å². The number of nitrogens with one attached hydrogen (secondary N) is 1. The van der Waals surface area contributed by atoms with Crippen LogP contribution in [0.1, 0.15) is 30.3 Å². The molecule has 0 saturated carbocycles. The number of pyridine rings is 1. The molecule has 160 valence electrons. The zero-order chi connectivity index (χ0) is 22.0. The molecule has 1 aliphatic rings. The Morgan fingerprint density at radius 1 is 1.13 bits per heavy atom. The minimum atomic E-state index is -0.835. The van der Waals surface area contributed by atoms with Gasteiger partial charge >= 0.3 is 0 Å². The Kier molecular flexibility index (Phi) is 5.69. The molecule has 3 heterocycles. The van der Waals surface area contributed by atoms with Gasteiger partial charge in [0.25, 0.3) is 0 Å². The minimum absolute atomic E-state index is 0.169. The van der Waals surface area contributed by atoms with Gasteiger partial charge in [0.05, 0.1) is 17.3 Å². The van der Waals surface area contributed by atoms with Crippen LogP contribution in [0.4, 0.5) is 5.95 Å². The Morgan fingerprint density at radius 2 is 1.90 bits per heavy atom. The van der Waals surface area contributed by atoms with E-state index in [1.165, 1.54) is 6.92 Å². The van der Waals surface area contributed by atoms with E-state index >= 15 is 0 Å². The van der Waals surface area contributed by atoms with Crippen LogP contribution in [0.3, 0.4) is 0 Å². The number of hydrogen-bond acceptors (Lipinski definition) is 6. The summed E-state index contributed by atoms with van der Waals surface area (Å²) in [4.78, 5) is 27.7. The molecule has 1 saturated heterocycles. The van der Waals surface area contributed by atoms with Gasteiger partial charge in [0, 0.05) is 43.2 Å². The van der Waals surface area contributed by atoms with Crippen molar-refractivity contribution < 1.29 is 9.90 Å². The number of aliphatic hydroxyl groups excluding tert-OH is 1. The third kappa shape index (κ3) is 4.14. The first-order valence-electron chi connectivity index (χ1n) is 10.4. The number of carbonyl (C=O) groups is 1. The van der Waals surface area contributed by atoms with Gasteiger partial charge in [0.1, 0.15) is 0 Å². The fourth-order valence-corrected chi connectivity index (χ4v) is 4.33. The first-order chi connectivity index (χ1) is 14.9. The van der Waals surface area contributed by atoms with Gasteiger partial charge in [-0.1, -0.05) is 30.3 Å². The summed E-state index contributed by atoms with van der Waals surface area (Å²) in [5, 5.41) is 14.2. The van der Waals surface area contributed by atoms with E-state index in [1.54, 1.807) is 6.20 Å². The van der Waals surface area contributed by atoms with Crippen LogP contribution in [-0.2, 0) is 10.3 Å². The van der Waals surface area contributed by atoms with Gasteiger partial charge in [-0.3, -0.25) is 9.78 Å². The van der Waals surface area contributed by atoms with Gasteiger partial charge in [-0.2, -0.15) is 0 Å². The van der Waals surface area contributed by atoms with Gasteiger partial charge < -0.3 is 15.3 Å². The zero-order valence-corrected chi connectivity index (χ0v) is 18.0. The Bertz CT molecular complexity index is 1090. The molecule has 4 rings (SSSR count). The average Bonchev–Trinajstić information content (AvgIpc) is 2.75. The molecular weight excluding hydrogens is 390 g/mol. The van der Waals surface area contributed by atoms with Crippen LogP contribution in [0.15, 0.2) is 54.7 Å². The highest BCUT2D eigenvalue weighted by Crippen LogP contribution is 2.34. The summed E-state index contributed by atoms with van der Waals surface area (Å²) in [5.41, 5.74) is 3.70. The first kappa shape index (κ1) is 20.9. The molecule has 0 bridgehead atoms. The fraction of sp³-hybridized carbons (Fsp3) is 0.333. The predicted octanol–water partition coefficient (Wildman–Crippen LogP) is 2.76. The van der Waals surface area contributed by atoms with Crippen LogP contribution < -0.4 is 10.2 Å². The smallest absolute Gasteiger partial charge is 0.225 e. The number of hydrogen-bond donors (Lipinski definition) is 2. The van der Waals surface area contributed by atoms with E-state index in [9.17, 15) is 9.90 Å². The molecule has 31 heavy (non-hydrogen) atoms. The Labute approximate surface area is 182 Å². The molecule has 0 unspecified atom stereocenters. The lowest BCUT2D eigenvalue weighted by atomic mass is 9.78. The molecule has 2 aromatic heterocycles. The number of aryl methyl sites for hydroxylation is 2. The second-order valence-corrected chi connectivity index (χ2v) is 8.06. The lowest BCUT2D eigenvalue weighted by Gasteiger charge is -2.46. The highest BCUT2D eigenvalue weighted by atomic mass is 16.3. The zero-order valence-electron chi connectivity index (χ0n) is 18.0.